The fraction of sp³-hybridized carbons (Fsp3) is 0.462. The highest BCUT2D eigenvalue weighted by Crippen LogP contribution is 2.35. The van der Waals surface area contributed by atoms with Crippen molar-refractivity contribution in [3.63, 3.8) is 0 Å². The van der Waals surface area contributed by atoms with Crippen LogP contribution in [-0.4, -0.2) is 31.5 Å². The molecular formula is C13H19N3O2S. The van der Waals surface area contributed by atoms with Gasteiger partial charge in [-0.1, -0.05) is 0 Å². The first-order valence-electron chi connectivity index (χ1n) is 6.36. The van der Waals surface area contributed by atoms with Crippen LogP contribution in [0.15, 0.2) is 23.1 Å². The predicted molar refractivity (Wildman–Crippen MR) is 78.6 cm³/mol. The number of hydrogen-bond acceptors (Lipinski definition) is 5. The normalized spacial score (nSPS) is 14.0. The Morgan fingerprint density at radius 3 is 3.05 bits per heavy atom. The second-order valence-corrected chi connectivity index (χ2v) is 5.57. The molecule has 0 aliphatic carbocycles. The molecule has 0 atom stereocenters. The van der Waals surface area contributed by atoms with Gasteiger partial charge in [-0.15, -0.1) is 11.8 Å². The summed E-state index contributed by atoms with van der Waals surface area (Å²) in [6.07, 6.45) is 1.11. The van der Waals surface area contributed by atoms with E-state index in [1.165, 1.54) is 10.6 Å². The van der Waals surface area contributed by atoms with Gasteiger partial charge in [-0.2, -0.15) is 0 Å². The second kappa shape index (κ2) is 6.56. The molecule has 0 spiro atoms. The van der Waals surface area contributed by atoms with Gasteiger partial charge in [0.05, 0.1) is 12.3 Å². The zero-order chi connectivity index (χ0) is 13.7. The van der Waals surface area contributed by atoms with Crippen LogP contribution in [0.5, 0.6) is 0 Å². The Kier molecular flexibility index (Phi) is 4.79. The SMILES string of the molecule is NC(=O)OCCCCN1CCSc2cc(N)ccc21. The number of carbonyl (C=O) groups is 1. The van der Waals surface area contributed by atoms with Crippen LogP contribution in [-0.2, 0) is 4.74 Å². The Bertz CT molecular complexity index is 454. The van der Waals surface area contributed by atoms with Crippen LogP contribution in [0.2, 0.25) is 0 Å². The zero-order valence-electron chi connectivity index (χ0n) is 10.8. The third-order valence-corrected chi connectivity index (χ3v) is 4.03. The highest BCUT2D eigenvalue weighted by Gasteiger charge is 2.16. The smallest absolute Gasteiger partial charge is 0.404 e. The molecule has 1 aliphatic heterocycles. The molecule has 0 saturated heterocycles. The molecule has 2 rings (SSSR count). The fourth-order valence-electron chi connectivity index (χ4n) is 2.10. The molecule has 104 valence electrons. The molecule has 1 amide bonds. The molecule has 0 aromatic heterocycles. The van der Waals surface area contributed by atoms with Gasteiger partial charge in [0.2, 0.25) is 0 Å². The van der Waals surface area contributed by atoms with E-state index in [-0.39, 0.29) is 0 Å². The number of ether oxygens (including phenoxy) is 1. The number of hydrogen-bond donors (Lipinski definition) is 2. The van der Waals surface area contributed by atoms with E-state index in [1.807, 2.05) is 23.9 Å². The topological polar surface area (TPSA) is 81.6 Å². The van der Waals surface area contributed by atoms with Gasteiger partial charge >= 0.3 is 6.09 Å². The van der Waals surface area contributed by atoms with Gasteiger partial charge in [0.1, 0.15) is 0 Å². The number of rotatable bonds is 5. The van der Waals surface area contributed by atoms with Gasteiger partial charge < -0.3 is 21.1 Å². The Hall–Kier alpha value is -1.56. The van der Waals surface area contributed by atoms with E-state index in [4.69, 9.17) is 16.2 Å². The van der Waals surface area contributed by atoms with Gasteiger partial charge in [-0.3, -0.25) is 0 Å². The second-order valence-electron chi connectivity index (χ2n) is 4.44. The Morgan fingerprint density at radius 1 is 1.42 bits per heavy atom. The van der Waals surface area contributed by atoms with Crippen molar-refractivity contribution in [1.29, 1.82) is 0 Å². The van der Waals surface area contributed by atoms with Crippen molar-refractivity contribution in [1.82, 2.24) is 0 Å². The van der Waals surface area contributed by atoms with Crippen LogP contribution in [0.3, 0.4) is 0 Å². The standard InChI is InChI=1S/C13H19N3O2S/c14-10-3-4-11-12(9-10)19-8-6-16(11)5-1-2-7-18-13(15)17/h3-4,9H,1-2,5-8,14H2,(H2,15,17). The maximum absolute atomic E-state index is 10.4. The number of anilines is 2. The van der Waals surface area contributed by atoms with Crippen molar-refractivity contribution >= 4 is 29.2 Å². The Labute approximate surface area is 117 Å². The van der Waals surface area contributed by atoms with E-state index in [1.54, 1.807) is 0 Å². The summed E-state index contributed by atoms with van der Waals surface area (Å²) in [4.78, 5) is 14.0. The first-order valence-corrected chi connectivity index (χ1v) is 7.35. The van der Waals surface area contributed by atoms with Crippen molar-refractivity contribution in [3.8, 4) is 0 Å². The summed E-state index contributed by atoms with van der Waals surface area (Å²) < 4.78 is 4.72. The largest absolute Gasteiger partial charge is 0.450 e. The van der Waals surface area contributed by atoms with Crippen LogP contribution in [0.1, 0.15) is 12.8 Å². The minimum atomic E-state index is -0.699. The van der Waals surface area contributed by atoms with Gasteiger partial charge in [0.15, 0.2) is 0 Å². The van der Waals surface area contributed by atoms with Crippen LogP contribution in [0.25, 0.3) is 0 Å². The lowest BCUT2D eigenvalue weighted by Crippen LogP contribution is -2.30. The number of carbonyl (C=O) groups excluding carboxylic acids is 1. The fourth-order valence-corrected chi connectivity index (χ4v) is 3.20. The van der Waals surface area contributed by atoms with Crippen molar-refractivity contribution in [2.45, 2.75) is 17.7 Å². The van der Waals surface area contributed by atoms with Crippen molar-refractivity contribution in [2.24, 2.45) is 5.73 Å². The third kappa shape index (κ3) is 3.96. The summed E-state index contributed by atoms with van der Waals surface area (Å²) >= 11 is 1.85. The van der Waals surface area contributed by atoms with Crippen LogP contribution < -0.4 is 16.4 Å². The van der Waals surface area contributed by atoms with E-state index < -0.39 is 6.09 Å². The van der Waals surface area contributed by atoms with E-state index in [0.29, 0.717) is 6.61 Å². The average Bonchev–Trinajstić information content (AvgIpc) is 2.37. The quantitative estimate of drug-likeness (QED) is 0.637. The molecule has 5 nitrogen and oxygen atoms in total. The summed E-state index contributed by atoms with van der Waals surface area (Å²) in [5.74, 6) is 1.08. The van der Waals surface area contributed by atoms with Crippen molar-refractivity contribution in [3.05, 3.63) is 18.2 Å². The zero-order valence-corrected chi connectivity index (χ0v) is 11.6. The van der Waals surface area contributed by atoms with Crippen molar-refractivity contribution in [2.75, 3.05) is 36.1 Å². The van der Waals surface area contributed by atoms with Crippen LogP contribution in [0.4, 0.5) is 16.2 Å². The number of amides is 1. The number of benzene rings is 1. The number of fused-ring (bicyclic) bond motifs is 1. The lowest BCUT2D eigenvalue weighted by atomic mass is 10.2. The number of unbranched alkanes of at least 4 members (excludes halogenated alkanes) is 1. The predicted octanol–water partition coefficient (Wildman–Crippen LogP) is 2.06. The molecule has 4 N–H and O–H groups in total. The highest BCUT2D eigenvalue weighted by atomic mass is 32.2. The minimum Gasteiger partial charge on any atom is -0.450 e. The Morgan fingerprint density at radius 2 is 2.26 bits per heavy atom. The summed E-state index contributed by atoms with van der Waals surface area (Å²) in [6, 6.07) is 6.05. The van der Waals surface area contributed by atoms with Gasteiger partial charge in [-0.25, -0.2) is 4.79 Å². The van der Waals surface area contributed by atoms with E-state index >= 15 is 0 Å². The number of nitrogens with two attached hydrogens (primary N) is 2. The lowest BCUT2D eigenvalue weighted by molar-refractivity contribution is 0.155. The molecule has 0 bridgehead atoms. The van der Waals surface area contributed by atoms with E-state index in [2.05, 4.69) is 11.0 Å². The molecule has 0 radical (unpaired) electrons. The Balaban J connectivity index is 1.84. The number of nitrogen functional groups attached to an aromatic ring is 1. The number of thioether (sulfide) groups is 1. The van der Waals surface area contributed by atoms with Gasteiger partial charge in [0, 0.05) is 29.4 Å². The van der Waals surface area contributed by atoms with E-state index in [9.17, 15) is 4.79 Å². The van der Waals surface area contributed by atoms with Gasteiger partial charge in [0.25, 0.3) is 0 Å². The van der Waals surface area contributed by atoms with Crippen LogP contribution >= 0.6 is 11.8 Å². The molecule has 1 aliphatic rings. The maximum Gasteiger partial charge on any atom is 0.404 e. The third-order valence-electron chi connectivity index (χ3n) is 3.01. The molecule has 0 fully saturated rings. The maximum atomic E-state index is 10.4. The monoisotopic (exact) mass is 281 g/mol. The molecule has 1 heterocycles. The summed E-state index contributed by atoms with van der Waals surface area (Å²) in [7, 11) is 0. The number of primary amides is 1. The minimum absolute atomic E-state index is 0.395. The van der Waals surface area contributed by atoms with E-state index in [0.717, 1.165) is 37.4 Å². The average molecular weight is 281 g/mol. The lowest BCUT2D eigenvalue weighted by Gasteiger charge is -2.31. The molecular weight excluding hydrogens is 262 g/mol. The molecule has 1 aromatic rings. The molecule has 19 heavy (non-hydrogen) atoms. The first kappa shape index (κ1) is 13.9. The molecule has 6 heteroatoms. The van der Waals surface area contributed by atoms with Crippen molar-refractivity contribution < 1.29 is 9.53 Å². The van der Waals surface area contributed by atoms with Crippen LogP contribution in [0, 0.1) is 0 Å². The summed E-state index contributed by atoms with van der Waals surface area (Å²) in [5, 5.41) is 0. The number of nitrogens with zero attached hydrogens (tertiary/aromatic N) is 1. The molecule has 0 unspecified atom stereocenters. The molecule has 1 aromatic carbocycles. The first-order chi connectivity index (χ1) is 9.16. The van der Waals surface area contributed by atoms with Gasteiger partial charge in [-0.05, 0) is 31.0 Å². The summed E-state index contributed by atoms with van der Waals surface area (Å²) in [6.45, 7) is 2.39. The molecule has 0 saturated carbocycles. The highest BCUT2D eigenvalue weighted by molar-refractivity contribution is 7.99. The summed E-state index contributed by atoms with van der Waals surface area (Å²) in [5.41, 5.74) is 12.8.